The van der Waals surface area contributed by atoms with Crippen molar-refractivity contribution in [3.63, 3.8) is 0 Å². The van der Waals surface area contributed by atoms with Gasteiger partial charge in [-0.05, 0) is 37.1 Å². The lowest BCUT2D eigenvalue weighted by atomic mass is 10.2. The molecule has 0 aliphatic rings. The molecule has 0 aliphatic heterocycles. The number of anilines is 1. The fraction of sp³-hybridized carbons (Fsp3) is 0.417. The normalized spacial score (nSPS) is 10.2. The number of nitrogens with one attached hydrogen (secondary N) is 1. The van der Waals surface area contributed by atoms with Crippen LogP contribution in [-0.4, -0.2) is 11.7 Å². The number of nitrogens with two attached hydrogens (primary N) is 2. The molecule has 1 rings (SSSR count). The Balaban J connectivity index is 2.27. The Kier molecular flexibility index (Phi) is 5.86. The molecule has 0 spiro atoms. The largest absolute Gasteiger partial charge is 0.398 e. The summed E-state index contributed by atoms with van der Waals surface area (Å²) in [7, 11) is 0. The average molecular weight is 253 g/mol. The van der Waals surface area contributed by atoms with E-state index in [9.17, 15) is 4.79 Å². The first-order valence-electron chi connectivity index (χ1n) is 5.62. The average Bonchev–Trinajstić information content (AvgIpc) is 2.33. The van der Waals surface area contributed by atoms with E-state index in [-0.39, 0.29) is 5.91 Å². The van der Waals surface area contributed by atoms with Gasteiger partial charge in [-0.15, -0.1) is 11.8 Å². The number of nitrogen functional groups attached to an aromatic ring is 1. The Morgan fingerprint density at radius 1 is 1.41 bits per heavy atom. The number of hydrazine groups is 1. The van der Waals surface area contributed by atoms with E-state index >= 15 is 0 Å². The second-order valence-corrected chi connectivity index (χ2v) is 5.00. The molecular weight excluding hydrogens is 234 g/mol. The Labute approximate surface area is 106 Å². The molecule has 0 saturated heterocycles. The first-order valence-corrected chi connectivity index (χ1v) is 6.61. The van der Waals surface area contributed by atoms with Gasteiger partial charge in [0.05, 0.1) is 0 Å². The molecular formula is C12H19N3OS. The molecule has 1 aromatic rings. The van der Waals surface area contributed by atoms with Crippen LogP contribution in [0.5, 0.6) is 0 Å². The minimum Gasteiger partial charge on any atom is -0.398 e. The summed E-state index contributed by atoms with van der Waals surface area (Å²) in [6.45, 7) is 2.00. The van der Waals surface area contributed by atoms with Gasteiger partial charge in [-0.2, -0.15) is 0 Å². The predicted molar refractivity (Wildman–Crippen MR) is 72.5 cm³/mol. The molecule has 1 amide bonds. The van der Waals surface area contributed by atoms with E-state index in [1.54, 1.807) is 11.8 Å². The molecule has 0 bridgehead atoms. The van der Waals surface area contributed by atoms with Crippen molar-refractivity contribution in [2.75, 3.05) is 11.5 Å². The van der Waals surface area contributed by atoms with E-state index in [1.807, 2.05) is 25.1 Å². The van der Waals surface area contributed by atoms with Crippen LogP contribution in [0.15, 0.2) is 23.1 Å². The van der Waals surface area contributed by atoms with E-state index in [1.165, 1.54) is 0 Å². The summed E-state index contributed by atoms with van der Waals surface area (Å²) < 4.78 is 0. The van der Waals surface area contributed by atoms with Crippen molar-refractivity contribution in [3.05, 3.63) is 23.8 Å². The van der Waals surface area contributed by atoms with Gasteiger partial charge < -0.3 is 5.73 Å². The van der Waals surface area contributed by atoms with E-state index in [2.05, 4.69) is 5.43 Å². The maximum atomic E-state index is 10.9. The van der Waals surface area contributed by atoms with Gasteiger partial charge in [-0.3, -0.25) is 10.2 Å². The molecule has 17 heavy (non-hydrogen) atoms. The molecule has 1 aromatic carbocycles. The van der Waals surface area contributed by atoms with Gasteiger partial charge in [0.15, 0.2) is 0 Å². The molecule has 0 fully saturated rings. The molecule has 0 unspecified atom stereocenters. The summed E-state index contributed by atoms with van der Waals surface area (Å²) in [4.78, 5) is 12.0. The molecule has 0 saturated carbocycles. The summed E-state index contributed by atoms with van der Waals surface area (Å²) in [5.41, 5.74) is 10.1. The second-order valence-electron chi connectivity index (χ2n) is 3.86. The number of hydrogen-bond donors (Lipinski definition) is 3. The number of hydrogen-bond acceptors (Lipinski definition) is 4. The highest BCUT2D eigenvalue weighted by molar-refractivity contribution is 7.99. The van der Waals surface area contributed by atoms with Crippen LogP contribution in [0.3, 0.4) is 0 Å². The maximum absolute atomic E-state index is 10.9. The van der Waals surface area contributed by atoms with Crippen LogP contribution in [0.4, 0.5) is 5.69 Å². The van der Waals surface area contributed by atoms with Crippen molar-refractivity contribution in [3.8, 4) is 0 Å². The van der Waals surface area contributed by atoms with Gasteiger partial charge in [0.2, 0.25) is 5.91 Å². The molecule has 5 N–H and O–H groups in total. The molecule has 0 aliphatic carbocycles. The van der Waals surface area contributed by atoms with Gasteiger partial charge in [0, 0.05) is 17.0 Å². The third kappa shape index (κ3) is 4.66. The summed E-state index contributed by atoms with van der Waals surface area (Å²) in [6, 6.07) is 6.04. The summed E-state index contributed by atoms with van der Waals surface area (Å²) in [6.07, 6.45) is 2.31. The first-order chi connectivity index (χ1) is 8.15. The van der Waals surface area contributed by atoms with Crippen molar-refractivity contribution < 1.29 is 4.79 Å². The number of unbranched alkanes of at least 4 members (excludes halogenated alkanes) is 1. The van der Waals surface area contributed by atoms with E-state index < -0.39 is 0 Å². The smallest absolute Gasteiger partial charge is 0.233 e. The lowest BCUT2D eigenvalue weighted by Gasteiger charge is -2.07. The van der Waals surface area contributed by atoms with E-state index in [0.29, 0.717) is 6.42 Å². The lowest BCUT2D eigenvalue weighted by molar-refractivity contribution is -0.121. The van der Waals surface area contributed by atoms with Crippen LogP contribution in [0.2, 0.25) is 0 Å². The number of para-hydroxylation sites is 1. The second kappa shape index (κ2) is 7.19. The zero-order valence-electron chi connectivity index (χ0n) is 10.0. The summed E-state index contributed by atoms with van der Waals surface area (Å²) >= 11 is 1.73. The Morgan fingerprint density at radius 2 is 2.18 bits per heavy atom. The minimum absolute atomic E-state index is 0.106. The zero-order valence-corrected chi connectivity index (χ0v) is 10.8. The summed E-state index contributed by atoms with van der Waals surface area (Å²) in [5.74, 6) is 5.85. The van der Waals surface area contributed by atoms with Crippen molar-refractivity contribution in [2.45, 2.75) is 31.1 Å². The Hall–Kier alpha value is -1.20. The SMILES string of the molecule is Cc1cccc(SCCCCC(=O)NN)c1N. The van der Waals surface area contributed by atoms with Crippen LogP contribution >= 0.6 is 11.8 Å². The number of rotatable bonds is 6. The van der Waals surface area contributed by atoms with Crippen LogP contribution in [0.25, 0.3) is 0 Å². The van der Waals surface area contributed by atoms with Gasteiger partial charge in [0.1, 0.15) is 0 Å². The summed E-state index contributed by atoms with van der Waals surface area (Å²) in [5, 5.41) is 0. The van der Waals surface area contributed by atoms with Gasteiger partial charge in [-0.25, -0.2) is 5.84 Å². The minimum atomic E-state index is -0.106. The van der Waals surface area contributed by atoms with Gasteiger partial charge >= 0.3 is 0 Å². The molecule has 4 nitrogen and oxygen atoms in total. The maximum Gasteiger partial charge on any atom is 0.233 e. The monoisotopic (exact) mass is 253 g/mol. The standard InChI is InChI=1S/C12H19N3OS/c1-9-5-4-6-10(12(9)13)17-8-3-2-7-11(16)15-14/h4-6H,2-3,7-8,13-14H2,1H3,(H,15,16). The van der Waals surface area contributed by atoms with Crippen molar-refractivity contribution in [1.29, 1.82) is 0 Å². The number of thioether (sulfide) groups is 1. The third-order valence-corrected chi connectivity index (χ3v) is 3.66. The highest BCUT2D eigenvalue weighted by atomic mass is 32.2. The molecule has 0 radical (unpaired) electrons. The van der Waals surface area contributed by atoms with Gasteiger partial charge in [-0.1, -0.05) is 12.1 Å². The van der Waals surface area contributed by atoms with E-state index in [4.69, 9.17) is 11.6 Å². The highest BCUT2D eigenvalue weighted by Crippen LogP contribution is 2.28. The van der Waals surface area contributed by atoms with Crippen LogP contribution in [-0.2, 0) is 4.79 Å². The van der Waals surface area contributed by atoms with Gasteiger partial charge in [0.25, 0.3) is 0 Å². The fourth-order valence-electron chi connectivity index (χ4n) is 1.42. The van der Waals surface area contributed by atoms with E-state index in [0.717, 1.165) is 34.7 Å². The number of amides is 1. The van der Waals surface area contributed by atoms with Crippen LogP contribution < -0.4 is 17.0 Å². The molecule has 0 atom stereocenters. The topological polar surface area (TPSA) is 81.1 Å². The third-order valence-electron chi connectivity index (χ3n) is 2.50. The number of benzene rings is 1. The Morgan fingerprint density at radius 3 is 2.88 bits per heavy atom. The highest BCUT2D eigenvalue weighted by Gasteiger charge is 2.02. The molecule has 5 heteroatoms. The predicted octanol–water partition coefficient (Wildman–Crippen LogP) is 1.83. The number of aryl methyl sites for hydroxylation is 1. The van der Waals surface area contributed by atoms with Crippen molar-refractivity contribution in [2.24, 2.45) is 5.84 Å². The lowest BCUT2D eigenvalue weighted by Crippen LogP contribution is -2.29. The molecule has 0 heterocycles. The molecule has 0 aromatic heterocycles. The van der Waals surface area contributed by atoms with Crippen LogP contribution in [0.1, 0.15) is 24.8 Å². The Bertz CT molecular complexity index is 382. The van der Waals surface area contributed by atoms with Crippen molar-refractivity contribution >= 4 is 23.4 Å². The molecule has 94 valence electrons. The van der Waals surface area contributed by atoms with Crippen molar-refractivity contribution in [1.82, 2.24) is 5.43 Å². The zero-order chi connectivity index (χ0) is 12.7. The first kappa shape index (κ1) is 13.9. The van der Waals surface area contributed by atoms with Crippen LogP contribution in [0, 0.1) is 6.92 Å². The fourth-order valence-corrected chi connectivity index (χ4v) is 2.48. The number of carbonyl (C=O) groups excluding carboxylic acids is 1. The number of carbonyl (C=O) groups is 1. The quantitative estimate of drug-likeness (QED) is 0.180.